The molecule has 1 aromatic rings. The van der Waals surface area contributed by atoms with Crippen molar-refractivity contribution in [2.24, 2.45) is 0 Å². The van der Waals surface area contributed by atoms with Gasteiger partial charge in [0.15, 0.2) is 0 Å². The molecule has 9 heteroatoms. The van der Waals surface area contributed by atoms with Crippen LogP contribution in [0.25, 0.3) is 0 Å². The minimum Gasteiger partial charge on any atom is -0.434 e. The summed E-state index contributed by atoms with van der Waals surface area (Å²) in [7, 11) is 0. The molecular formula is C20H26ClF2N3O3. The first-order valence-corrected chi connectivity index (χ1v) is 9.92. The number of hydrogen-bond donors (Lipinski definition) is 1. The van der Waals surface area contributed by atoms with Crippen molar-refractivity contribution >= 4 is 24.2 Å². The fourth-order valence-electron chi connectivity index (χ4n) is 4.62. The molecule has 160 valence electrons. The zero-order valence-corrected chi connectivity index (χ0v) is 16.9. The number of amides is 2. The largest absolute Gasteiger partial charge is 0.434 e. The molecule has 0 aromatic heterocycles. The Morgan fingerprint density at radius 3 is 2.62 bits per heavy atom. The molecule has 1 aromatic carbocycles. The number of rotatable bonds is 4. The molecule has 6 nitrogen and oxygen atoms in total. The maximum atomic E-state index is 13.2. The van der Waals surface area contributed by atoms with Crippen molar-refractivity contribution in [2.45, 2.75) is 56.8 Å². The number of halogens is 3. The molecule has 1 N–H and O–H groups in total. The van der Waals surface area contributed by atoms with Crippen LogP contribution in [0.4, 0.5) is 8.78 Å². The van der Waals surface area contributed by atoms with Gasteiger partial charge in [0, 0.05) is 31.7 Å². The molecule has 2 amide bonds. The molecule has 3 fully saturated rings. The lowest BCUT2D eigenvalue weighted by molar-refractivity contribution is -0.135. The van der Waals surface area contributed by atoms with E-state index in [9.17, 15) is 18.4 Å². The van der Waals surface area contributed by atoms with E-state index in [4.69, 9.17) is 0 Å². The highest BCUT2D eigenvalue weighted by atomic mass is 35.5. The average Bonchev–Trinajstić information content (AvgIpc) is 3.27. The number of hydrogen-bond acceptors (Lipinski definition) is 4. The zero-order valence-electron chi connectivity index (χ0n) is 16.1. The van der Waals surface area contributed by atoms with Gasteiger partial charge in [-0.2, -0.15) is 8.78 Å². The molecule has 2 bridgehead atoms. The second-order valence-corrected chi connectivity index (χ2v) is 7.74. The Hall–Kier alpha value is -1.93. The van der Waals surface area contributed by atoms with E-state index in [1.807, 2.05) is 4.90 Å². The number of fused-ring (bicyclic) bond motifs is 2. The third kappa shape index (κ3) is 4.64. The quantitative estimate of drug-likeness (QED) is 0.799. The number of carbonyl (C=O) groups is 2. The van der Waals surface area contributed by atoms with Crippen LogP contribution in [0.1, 0.15) is 42.5 Å². The van der Waals surface area contributed by atoms with Crippen molar-refractivity contribution in [3.8, 4) is 5.75 Å². The van der Waals surface area contributed by atoms with Crippen LogP contribution >= 0.6 is 12.4 Å². The summed E-state index contributed by atoms with van der Waals surface area (Å²) in [6.45, 7) is -1.21. The molecule has 0 aliphatic carbocycles. The standard InChI is InChI=1S/C20H25F2N3O3.ClH/c21-20(22)28-17-6-2-1-4-15(17)18(26)25-10-3-5-16(25)19(27)24-11-9-13-7-8-14(12-24)23-13;/h1-2,4,6,13-14,16,20,23H,3,5,7-12H2;1H. The number of likely N-dealkylation sites (tertiary alicyclic amines) is 2. The van der Waals surface area contributed by atoms with E-state index in [-0.39, 0.29) is 29.6 Å². The van der Waals surface area contributed by atoms with Crippen molar-refractivity contribution in [1.29, 1.82) is 0 Å². The summed E-state index contributed by atoms with van der Waals surface area (Å²) in [6, 6.07) is 6.22. The van der Waals surface area contributed by atoms with E-state index >= 15 is 0 Å². The highest BCUT2D eigenvalue weighted by Crippen LogP contribution is 2.28. The van der Waals surface area contributed by atoms with Crippen LogP contribution in [0.3, 0.4) is 0 Å². The lowest BCUT2D eigenvalue weighted by Gasteiger charge is -2.31. The molecule has 3 atom stereocenters. The van der Waals surface area contributed by atoms with Gasteiger partial charge in [0.1, 0.15) is 11.8 Å². The van der Waals surface area contributed by atoms with Crippen molar-refractivity contribution in [3.05, 3.63) is 29.8 Å². The molecule has 4 rings (SSSR count). The van der Waals surface area contributed by atoms with E-state index in [1.54, 1.807) is 12.1 Å². The first-order chi connectivity index (χ1) is 13.5. The van der Waals surface area contributed by atoms with Gasteiger partial charge in [0.25, 0.3) is 5.91 Å². The second-order valence-electron chi connectivity index (χ2n) is 7.74. The van der Waals surface area contributed by atoms with Crippen molar-refractivity contribution in [3.63, 3.8) is 0 Å². The number of alkyl halides is 2. The molecular weight excluding hydrogens is 404 g/mol. The van der Waals surface area contributed by atoms with E-state index in [0.717, 1.165) is 25.7 Å². The number of para-hydroxylation sites is 1. The van der Waals surface area contributed by atoms with Gasteiger partial charge in [-0.3, -0.25) is 9.59 Å². The third-order valence-corrected chi connectivity index (χ3v) is 5.97. The van der Waals surface area contributed by atoms with Gasteiger partial charge in [-0.1, -0.05) is 12.1 Å². The monoisotopic (exact) mass is 429 g/mol. The molecule has 3 unspecified atom stereocenters. The van der Waals surface area contributed by atoms with Gasteiger partial charge in [0.2, 0.25) is 5.91 Å². The molecule has 3 aliphatic heterocycles. The minimum atomic E-state index is -3.01. The minimum absolute atomic E-state index is 0. The second kappa shape index (κ2) is 9.26. The highest BCUT2D eigenvalue weighted by Gasteiger charge is 2.40. The summed E-state index contributed by atoms with van der Waals surface area (Å²) >= 11 is 0. The Morgan fingerprint density at radius 2 is 1.83 bits per heavy atom. The fourth-order valence-corrected chi connectivity index (χ4v) is 4.62. The zero-order chi connectivity index (χ0) is 19.7. The average molecular weight is 430 g/mol. The molecule has 0 spiro atoms. The van der Waals surface area contributed by atoms with Gasteiger partial charge < -0.3 is 19.9 Å². The summed E-state index contributed by atoms with van der Waals surface area (Å²) in [5.41, 5.74) is 0.0686. The van der Waals surface area contributed by atoms with Crippen LogP contribution in [-0.4, -0.2) is 66.0 Å². The SMILES string of the molecule is Cl.O=C(C1CCCN1C(=O)c1ccccc1OC(F)F)N1CCC2CCC(C1)N2. The van der Waals surface area contributed by atoms with Crippen LogP contribution in [0.15, 0.2) is 24.3 Å². The summed E-state index contributed by atoms with van der Waals surface area (Å²) in [5, 5.41) is 3.55. The summed E-state index contributed by atoms with van der Waals surface area (Å²) in [5.74, 6) is -0.620. The van der Waals surface area contributed by atoms with Gasteiger partial charge >= 0.3 is 6.61 Å². The fraction of sp³-hybridized carbons (Fsp3) is 0.600. The summed E-state index contributed by atoms with van der Waals surface area (Å²) in [6.07, 6.45) is 4.47. The number of carbonyl (C=O) groups excluding carboxylic acids is 2. The van der Waals surface area contributed by atoms with Gasteiger partial charge in [-0.25, -0.2) is 0 Å². The van der Waals surface area contributed by atoms with Gasteiger partial charge in [0.05, 0.1) is 5.56 Å². The lowest BCUT2D eigenvalue weighted by Crippen LogP contribution is -2.50. The lowest BCUT2D eigenvalue weighted by atomic mass is 10.1. The van der Waals surface area contributed by atoms with Gasteiger partial charge in [-0.05, 0) is 44.2 Å². The topological polar surface area (TPSA) is 61.9 Å². The van der Waals surface area contributed by atoms with Crippen LogP contribution in [0, 0.1) is 0 Å². The van der Waals surface area contributed by atoms with Crippen molar-refractivity contribution in [2.75, 3.05) is 19.6 Å². The van der Waals surface area contributed by atoms with E-state index in [2.05, 4.69) is 10.1 Å². The first kappa shape index (κ1) is 21.8. The smallest absolute Gasteiger partial charge is 0.387 e. The molecule has 3 saturated heterocycles. The summed E-state index contributed by atoms with van der Waals surface area (Å²) in [4.78, 5) is 29.6. The number of ether oxygens (including phenoxy) is 1. The first-order valence-electron chi connectivity index (χ1n) is 9.92. The van der Waals surface area contributed by atoms with Crippen molar-refractivity contribution < 1.29 is 23.1 Å². The van der Waals surface area contributed by atoms with Crippen LogP contribution in [-0.2, 0) is 4.79 Å². The predicted octanol–water partition coefficient (Wildman–Crippen LogP) is 2.67. The number of benzene rings is 1. The third-order valence-electron chi connectivity index (χ3n) is 5.97. The predicted molar refractivity (Wildman–Crippen MR) is 106 cm³/mol. The Morgan fingerprint density at radius 1 is 1.07 bits per heavy atom. The van der Waals surface area contributed by atoms with Crippen LogP contribution in [0.5, 0.6) is 5.75 Å². The number of nitrogens with one attached hydrogen (secondary N) is 1. The van der Waals surface area contributed by atoms with Crippen molar-refractivity contribution in [1.82, 2.24) is 15.1 Å². The van der Waals surface area contributed by atoms with Crippen LogP contribution < -0.4 is 10.1 Å². The van der Waals surface area contributed by atoms with E-state index in [0.29, 0.717) is 38.1 Å². The normalized spacial score (nSPS) is 26.2. The van der Waals surface area contributed by atoms with Gasteiger partial charge in [-0.15, -0.1) is 12.4 Å². The Labute approximate surface area is 175 Å². The van der Waals surface area contributed by atoms with Crippen LogP contribution in [0.2, 0.25) is 0 Å². The molecule has 0 radical (unpaired) electrons. The maximum absolute atomic E-state index is 13.2. The number of nitrogens with zero attached hydrogens (tertiary/aromatic N) is 2. The molecule has 3 aliphatic rings. The highest BCUT2D eigenvalue weighted by molar-refractivity contribution is 6.00. The maximum Gasteiger partial charge on any atom is 0.387 e. The molecule has 29 heavy (non-hydrogen) atoms. The van der Waals surface area contributed by atoms with E-state index in [1.165, 1.54) is 17.0 Å². The Kier molecular flexibility index (Phi) is 6.95. The molecule has 0 saturated carbocycles. The van der Waals surface area contributed by atoms with E-state index < -0.39 is 18.6 Å². The Bertz CT molecular complexity index is 751. The Balaban J connectivity index is 0.00000240. The molecule has 3 heterocycles. The summed E-state index contributed by atoms with van der Waals surface area (Å²) < 4.78 is 29.9.